The first-order valence-electron chi connectivity index (χ1n) is 11.6. The standard InChI is InChI=1S/C28H27N3O3/c32-27-19-26(23-10-7-13-25(18-23)34-24-11-5-2-6-12-24)29-28(33)31(27)20-30-16-14-22(15-17-30)21-8-3-1-4-9-21/h1-14,18,26H,15-17,19-20H2,(H,29,33). The number of rotatable bonds is 6. The minimum atomic E-state index is -0.374. The molecule has 0 bridgehead atoms. The van der Waals surface area contributed by atoms with E-state index in [4.69, 9.17) is 4.74 Å². The molecular formula is C28H27N3O3. The molecule has 0 saturated carbocycles. The number of amides is 3. The number of hydrogen-bond acceptors (Lipinski definition) is 4. The van der Waals surface area contributed by atoms with Crippen LogP contribution in [0.2, 0.25) is 0 Å². The van der Waals surface area contributed by atoms with Crippen LogP contribution in [0.5, 0.6) is 11.5 Å². The fourth-order valence-corrected chi connectivity index (χ4v) is 4.39. The van der Waals surface area contributed by atoms with Crippen molar-refractivity contribution in [3.8, 4) is 11.5 Å². The normalized spacial score (nSPS) is 18.9. The molecule has 1 N–H and O–H groups in total. The number of hydrogen-bond donors (Lipinski definition) is 1. The van der Waals surface area contributed by atoms with Crippen molar-refractivity contribution in [2.45, 2.75) is 18.9 Å². The Morgan fingerprint density at radius 2 is 1.62 bits per heavy atom. The number of carbonyl (C=O) groups is 2. The van der Waals surface area contributed by atoms with E-state index in [9.17, 15) is 9.59 Å². The van der Waals surface area contributed by atoms with Crippen LogP contribution in [-0.4, -0.2) is 41.5 Å². The Morgan fingerprint density at radius 3 is 2.32 bits per heavy atom. The van der Waals surface area contributed by atoms with Gasteiger partial charge in [-0.15, -0.1) is 0 Å². The van der Waals surface area contributed by atoms with Gasteiger partial charge in [-0.2, -0.15) is 0 Å². The zero-order valence-corrected chi connectivity index (χ0v) is 18.9. The maximum absolute atomic E-state index is 12.9. The van der Waals surface area contributed by atoms with Gasteiger partial charge in [0.2, 0.25) is 5.91 Å². The maximum atomic E-state index is 12.9. The highest BCUT2D eigenvalue weighted by atomic mass is 16.5. The predicted molar refractivity (Wildman–Crippen MR) is 131 cm³/mol. The first-order chi connectivity index (χ1) is 16.7. The van der Waals surface area contributed by atoms with Gasteiger partial charge in [0.1, 0.15) is 11.5 Å². The molecule has 172 valence electrons. The highest BCUT2D eigenvalue weighted by Gasteiger charge is 2.34. The van der Waals surface area contributed by atoms with Crippen LogP contribution in [0, 0.1) is 0 Å². The number of para-hydroxylation sites is 1. The molecule has 0 spiro atoms. The van der Waals surface area contributed by atoms with E-state index in [-0.39, 0.29) is 24.4 Å². The minimum absolute atomic E-state index is 0.166. The number of benzene rings is 3. The molecule has 2 aliphatic heterocycles. The van der Waals surface area contributed by atoms with Crippen molar-refractivity contribution >= 4 is 17.5 Å². The van der Waals surface area contributed by atoms with E-state index in [1.807, 2.05) is 72.8 Å². The first-order valence-corrected chi connectivity index (χ1v) is 11.6. The van der Waals surface area contributed by atoms with Crippen molar-refractivity contribution in [2.24, 2.45) is 0 Å². The van der Waals surface area contributed by atoms with Crippen molar-refractivity contribution in [3.63, 3.8) is 0 Å². The molecule has 0 aromatic heterocycles. The summed E-state index contributed by atoms with van der Waals surface area (Å²) in [5, 5.41) is 3.00. The fraction of sp³-hybridized carbons (Fsp3) is 0.214. The predicted octanol–water partition coefficient (Wildman–Crippen LogP) is 5.21. The Morgan fingerprint density at radius 1 is 0.882 bits per heavy atom. The lowest BCUT2D eigenvalue weighted by Crippen LogP contribution is -2.55. The van der Waals surface area contributed by atoms with Crippen molar-refractivity contribution in [2.75, 3.05) is 19.8 Å². The molecule has 1 saturated heterocycles. The van der Waals surface area contributed by atoms with Gasteiger partial charge in [0.15, 0.2) is 0 Å². The molecule has 5 rings (SSSR count). The third-order valence-corrected chi connectivity index (χ3v) is 6.24. The lowest BCUT2D eigenvalue weighted by Gasteiger charge is -2.36. The van der Waals surface area contributed by atoms with E-state index >= 15 is 0 Å². The van der Waals surface area contributed by atoms with Crippen molar-refractivity contribution in [3.05, 3.63) is 102 Å². The molecule has 2 heterocycles. The minimum Gasteiger partial charge on any atom is -0.457 e. The van der Waals surface area contributed by atoms with Crippen LogP contribution < -0.4 is 10.1 Å². The summed E-state index contributed by atoms with van der Waals surface area (Å²) in [7, 11) is 0. The van der Waals surface area contributed by atoms with Gasteiger partial charge in [-0.05, 0) is 47.4 Å². The summed E-state index contributed by atoms with van der Waals surface area (Å²) in [4.78, 5) is 29.2. The third kappa shape index (κ3) is 5.02. The zero-order chi connectivity index (χ0) is 23.3. The molecule has 3 amide bonds. The Bertz CT molecular complexity index is 1180. The number of ether oxygens (including phenoxy) is 1. The Kier molecular flexibility index (Phi) is 6.40. The van der Waals surface area contributed by atoms with Gasteiger partial charge in [0.25, 0.3) is 0 Å². The summed E-state index contributed by atoms with van der Waals surface area (Å²) in [6.07, 6.45) is 3.30. The van der Waals surface area contributed by atoms with E-state index in [0.717, 1.165) is 24.3 Å². The van der Waals surface area contributed by atoms with Crippen LogP contribution in [0.25, 0.3) is 5.57 Å². The molecule has 3 aromatic rings. The third-order valence-electron chi connectivity index (χ3n) is 6.24. The molecule has 0 aliphatic carbocycles. The first kappa shape index (κ1) is 21.9. The van der Waals surface area contributed by atoms with Gasteiger partial charge in [0.05, 0.1) is 19.1 Å². The van der Waals surface area contributed by atoms with E-state index in [1.165, 1.54) is 16.0 Å². The zero-order valence-electron chi connectivity index (χ0n) is 18.9. The second kappa shape index (κ2) is 9.93. The quantitative estimate of drug-likeness (QED) is 0.557. The SMILES string of the molecule is O=C1CC(c2cccc(Oc3ccccc3)c2)NC(=O)N1CN1CC=C(c2ccccc2)CC1. The molecule has 6 heteroatoms. The van der Waals surface area contributed by atoms with E-state index in [2.05, 4.69) is 28.4 Å². The van der Waals surface area contributed by atoms with E-state index < -0.39 is 0 Å². The van der Waals surface area contributed by atoms with Crippen LogP contribution >= 0.6 is 0 Å². The molecule has 0 radical (unpaired) electrons. The van der Waals surface area contributed by atoms with Crippen molar-refractivity contribution in [1.82, 2.24) is 15.1 Å². The number of nitrogens with zero attached hydrogens (tertiary/aromatic N) is 2. The van der Waals surface area contributed by atoms with Crippen LogP contribution in [0.3, 0.4) is 0 Å². The summed E-state index contributed by atoms with van der Waals surface area (Å²) in [5.74, 6) is 1.24. The van der Waals surface area contributed by atoms with Crippen LogP contribution in [0.15, 0.2) is 91.0 Å². The summed E-state index contributed by atoms with van der Waals surface area (Å²) >= 11 is 0. The summed E-state index contributed by atoms with van der Waals surface area (Å²) in [6.45, 7) is 1.82. The number of urea groups is 1. The summed E-state index contributed by atoms with van der Waals surface area (Å²) < 4.78 is 5.91. The Labute approximate surface area is 199 Å². The molecule has 1 atom stereocenters. The Hall–Kier alpha value is -3.90. The van der Waals surface area contributed by atoms with Gasteiger partial charge in [0, 0.05) is 13.1 Å². The molecule has 3 aromatic carbocycles. The summed E-state index contributed by atoms with van der Waals surface area (Å²) in [5.41, 5.74) is 3.39. The van der Waals surface area contributed by atoms with Gasteiger partial charge < -0.3 is 10.1 Å². The fourth-order valence-electron chi connectivity index (χ4n) is 4.39. The molecule has 1 fully saturated rings. The van der Waals surface area contributed by atoms with E-state index in [1.54, 1.807) is 0 Å². The number of imide groups is 1. The average molecular weight is 454 g/mol. The van der Waals surface area contributed by atoms with Crippen molar-refractivity contribution in [1.29, 1.82) is 0 Å². The monoisotopic (exact) mass is 453 g/mol. The largest absolute Gasteiger partial charge is 0.457 e. The highest BCUT2D eigenvalue weighted by molar-refractivity contribution is 5.97. The Balaban J connectivity index is 1.20. The molecule has 34 heavy (non-hydrogen) atoms. The van der Waals surface area contributed by atoms with Gasteiger partial charge >= 0.3 is 6.03 Å². The molecular weight excluding hydrogens is 426 g/mol. The highest BCUT2D eigenvalue weighted by Crippen LogP contribution is 2.28. The maximum Gasteiger partial charge on any atom is 0.325 e. The smallest absolute Gasteiger partial charge is 0.325 e. The topological polar surface area (TPSA) is 61.9 Å². The molecule has 1 unspecified atom stereocenters. The molecule has 6 nitrogen and oxygen atoms in total. The van der Waals surface area contributed by atoms with Crippen LogP contribution in [0.4, 0.5) is 4.79 Å². The second-order valence-corrected chi connectivity index (χ2v) is 8.58. The van der Waals surface area contributed by atoms with Crippen molar-refractivity contribution < 1.29 is 14.3 Å². The lowest BCUT2D eigenvalue weighted by molar-refractivity contribution is -0.132. The van der Waals surface area contributed by atoms with Crippen LogP contribution in [-0.2, 0) is 4.79 Å². The number of nitrogens with one attached hydrogen (secondary N) is 1. The van der Waals surface area contributed by atoms with Gasteiger partial charge in [-0.25, -0.2) is 4.79 Å². The summed E-state index contributed by atoms with van der Waals surface area (Å²) in [6, 6.07) is 26.6. The molecule has 2 aliphatic rings. The van der Waals surface area contributed by atoms with Gasteiger partial charge in [-0.3, -0.25) is 14.6 Å². The van der Waals surface area contributed by atoms with Gasteiger partial charge in [-0.1, -0.05) is 66.7 Å². The average Bonchev–Trinajstić information content (AvgIpc) is 2.88. The van der Waals surface area contributed by atoms with Crippen LogP contribution in [0.1, 0.15) is 30.0 Å². The number of carbonyl (C=O) groups excluding carboxylic acids is 2. The van der Waals surface area contributed by atoms with E-state index in [0.29, 0.717) is 19.0 Å². The lowest BCUT2D eigenvalue weighted by atomic mass is 9.99. The second-order valence-electron chi connectivity index (χ2n) is 8.58.